The molecule has 1 aromatic carbocycles. The Morgan fingerprint density at radius 3 is 2.44 bits per heavy atom. The molecule has 18 heavy (non-hydrogen) atoms. The summed E-state index contributed by atoms with van der Waals surface area (Å²) in [5.41, 5.74) is 0.131. The molecule has 1 aliphatic carbocycles. The maximum Gasteiger partial charge on any atom is 0.203 e. The number of nitrogens with zero attached hydrogens (tertiary/aromatic N) is 2. The van der Waals surface area contributed by atoms with Crippen LogP contribution in [-0.4, -0.2) is 15.4 Å². The van der Waals surface area contributed by atoms with Crippen LogP contribution in [0.4, 0.5) is 18.3 Å². The lowest BCUT2D eigenvalue weighted by Gasteiger charge is -1.99. The van der Waals surface area contributed by atoms with Crippen molar-refractivity contribution >= 4 is 16.7 Å². The van der Waals surface area contributed by atoms with E-state index in [9.17, 15) is 13.2 Å². The van der Waals surface area contributed by atoms with Crippen molar-refractivity contribution in [2.45, 2.75) is 18.9 Å². The summed E-state index contributed by atoms with van der Waals surface area (Å²) in [5, 5.41) is 3.74. The number of hydrogen-bond acceptors (Lipinski definition) is 4. The summed E-state index contributed by atoms with van der Waals surface area (Å²) in [6.07, 6.45) is 2.18. The predicted octanol–water partition coefficient (Wildman–Crippen LogP) is 3.20. The third-order valence-corrected chi connectivity index (χ3v) is 3.22. The van der Waals surface area contributed by atoms with Crippen molar-refractivity contribution in [3.8, 4) is 11.4 Å². The van der Waals surface area contributed by atoms with Crippen molar-refractivity contribution < 1.29 is 13.2 Å². The van der Waals surface area contributed by atoms with Crippen LogP contribution in [0.5, 0.6) is 0 Å². The van der Waals surface area contributed by atoms with Crippen molar-refractivity contribution in [2.75, 3.05) is 5.32 Å². The Morgan fingerprint density at radius 1 is 1.17 bits per heavy atom. The van der Waals surface area contributed by atoms with E-state index in [-0.39, 0.29) is 11.4 Å². The van der Waals surface area contributed by atoms with Crippen molar-refractivity contribution in [1.82, 2.24) is 9.36 Å². The highest BCUT2D eigenvalue weighted by molar-refractivity contribution is 7.09. The van der Waals surface area contributed by atoms with E-state index in [1.807, 2.05) is 0 Å². The van der Waals surface area contributed by atoms with Gasteiger partial charge in [-0.05, 0) is 25.0 Å². The lowest BCUT2D eigenvalue weighted by atomic mass is 10.2. The molecule has 1 fully saturated rings. The average molecular weight is 271 g/mol. The molecule has 3 nitrogen and oxygen atoms in total. The number of nitrogens with one attached hydrogen (secondary N) is 1. The molecule has 0 atom stereocenters. The molecular weight excluding hydrogens is 263 g/mol. The Kier molecular flexibility index (Phi) is 2.70. The standard InChI is InChI=1S/C11H8F3N3S/c12-7-3-5(4-8(13)9(7)14)10-16-11(18-17-10)15-6-1-2-6/h3-4,6H,1-2H2,(H,15,16,17). The van der Waals surface area contributed by atoms with Crippen molar-refractivity contribution in [2.24, 2.45) is 0 Å². The molecule has 0 bridgehead atoms. The molecule has 0 radical (unpaired) electrons. The van der Waals surface area contributed by atoms with E-state index >= 15 is 0 Å². The monoisotopic (exact) mass is 271 g/mol. The maximum atomic E-state index is 13.1. The lowest BCUT2D eigenvalue weighted by Crippen LogP contribution is -1.99. The molecule has 2 aromatic rings. The van der Waals surface area contributed by atoms with Gasteiger partial charge >= 0.3 is 0 Å². The molecule has 3 rings (SSSR count). The molecule has 1 heterocycles. The number of anilines is 1. The zero-order valence-corrected chi connectivity index (χ0v) is 9.90. The van der Waals surface area contributed by atoms with Crippen molar-refractivity contribution in [3.63, 3.8) is 0 Å². The normalized spacial score (nSPS) is 14.8. The largest absolute Gasteiger partial charge is 0.358 e. The predicted molar refractivity (Wildman–Crippen MR) is 61.9 cm³/mol. The minimum absolute atomic E-state index is 0.131. The summed E-state index contributed by atoms with van der Waals surface area (Å²) >= 11 is 1.12. The van der Waals surface area contributed by atoms with Gasteiger partial charge in [0.1, 0.15) is 0 Å². The zero-order valence-electron chi connectivity index (χ0n) is 9.08. The Labute approximate surface area is 105 Å². The Hall–Kier alpha value is -1.63. The van der Waals surface area contributed by atoms with Gasteiger partial charge < -0.3 is 5.32 Å². The number of halogens is 3. The quantitative estimate of drug-likeness (QED) is 0.871. The van der Waals surface area contributed by atoms with Gasteiger partial charge in [-0.1, -0.05) is 0 Å². The summed E-state index contributed by atoms with van der Waals surface area (Å²) in [5.74, 6) is -3.76. The highest BCUT2D eigenvalue weighted by Gasteiger charge is 2.22. The third kappa shape index (κ3) is 2.17. The summed E-state index contributed by atoms with van der Waals surface area (Å²) in [7, 11) is 0. The van der Waals surface area contributed by atoms with Gasteiger partial charge in [-0.15, -0.1) is 0 Å². The molecule has 1 N–H and O–H groups in total. The summed E-state index contributed by atoms with van der Waals surface area (Å²) in [6, 6.07) is 2.20. The first-order valence-electron chi connectivity index (χ1n) is 5.38. The van der Waals surface area contributed by atoms with Crippen LogP contribution in [0.2, 0.25) is 0 Å². The van der Waals surface area contributed by atoms with Gasteiger partial charge in [0.25, 0.3) is 0 Å². The topological polar surface area (TPSA) is 37.8 Å². The van der Waals surface area contributed by atoms with Gasteiger partial charge in [0.2, 0.25) is 5.13 Å². The number of aromatic nitrogens is 2. The first-order valence-corrected chi connectivity index (χ1v) is 6.16. The molecule has 1 aliphatic rings. The Bertz CT molecular complexity index is 572. The van der Waals surface area contributed by atoms with Gasteiger partial charge in [-0.25, -0.2) is 13.2 Å². The second kappa shape index (κ2) is 4.24. The van der Waals surface area contributed by atoms with Crippen LogP contribution in [0.15, 0.2) is 12.1 Å². The fourth-order valence-electron chi connectivity index (χ4n) is 1.49. The highest BCUT2D eigenvalue weighted by atomic mass is 32.1. The van der Waals surface area contributed by atoms with E-state index in [0.29, 0.717) is 11.2 Å². The molecule has 0 unspecified atom stereocenters. The fraction of sp³-hybridized carbons (Fsp3) is 0.273. The van der Waals surface area contributed by atoms with Crippen LogP contribution in [0.3, 0.4) is 0 Å². The molecule has 0 amide bonds. The molecule has 1 saturated carbocycles. The smallest absolute Gasteiger partial charge is 0.203 e. The Balaban J connectivity index is 1.91. The van der Waals surface area contributed by atoms with Gasteiger partial charge in [0, 0.05) is 23.1 Å². The van der Waals surface area contributed by atoms with E-state index in [1.54, 1.807) is 0 Å². The molecule has 94 valence electrons. The minimum atomic E-state index is -1.48. The van der Waals surface area contributed by atoms with Crippen LogP contribution in [0.25, 0.3) is 11.4 Å². The van der Waals surface area contributed by atoms with Crippen LogP contribution < -0.4 is 5.32 Å². The van der Waals surface area contributed by atoms with E-state index in [1.165, 1.54) is 0 Å². The van der Waals surface area contributed by atoms with Crippen LogP contribution in [0.1, 0.15) is 12.8 Å². The number of hydrogen-bond donors (Lipinski definition) is 1. The first-order chi connectivity index (χ1) is 8.63. The number of benzene rings is 1. The number of rotatable bonds is 3. The van der Waals surface area contributed by atoms with E-state index < -0.39 is 17.5 Å². The molecule has 0 aliphatic heterocycles. The van der Waals surface area contributed by atoms with Crippen LogP contribution in [0, 0.1) is 17.5 Å². The van der Waals surface area contributed by atoms with Crippen molar-refractivity contribution in [3.05, 3.63) is 29.6 Å². The van der Waals surface area contributed by atoms with Gasteiger partial charge in [0.15, 0.2) is 23.3 Å². The minimum Gasteiger partial charge on any atom is -0.358 e. The molecular formula is C11H8F3N3S. The summed E-state index contributed by atoms with van der Waals surface area (Å²) < 4.78 is 42.9. The zero-order chi connectivity index (χ0) is 12.7. The van der Waals surface area contributed by atoms with Crippen molar-refractivity contribution in [1.29, 1.82) is 0 Å². The summed E-state index contributed by atoms with van der Waals surface area (Å²) in [6.45, 7) is 0. The van der Waals surface area contributed by atoms with E-state index in [0.717, 1.165) is 36.5 Å². The third-order valence-electron chi connectivity index (χ3n) is 2.57. The average Bonchev–Trinajstić information content (AvgIpc) is 3.01. The second-order valence-electron chi connectivity index (χ2n) is 4.10. The fourth-order valence-corrected chi connectivity index (χ4v) is 2.15. The highest BCUT2D eigenvalue weighted by Crippen LogP contribution is 2.28. The van der Waals surface area contributed by atoms with Gasteiger partial charge in [0.05, 0.1) is 0 Å². The molecule has 1 aromatic heterocycles. The maximum absolute atomic E-state index is 13.1. The molecule has 0 spiro atoms. The van der Waals surface area contributed by atoms with Gasteiger partial charge in [-0.2, -0.15) is 9.36 Å². The molecule has 7 heteroatoms. The second-order valence-corrected chi connectivity index (χ2v) is 4.85. The van der Waals surface area contributed by atoms with Crippen LogP contribution >= 0.6 is 11.5 Å². The lowest BCUT2D eigenvalue weighted by molar-refractivity contribution is 0.447. The van der Waals surface area contributed by atoms with Crippen LogP contribution in [-0.2, 0) is 0 Å². The Morgan fingerprint density at radius 2 is 1.83 bits per heavy atom. The van der Waals surface area contributed by atoms with E-state index in [4.69, 9.17) is 0 Å². The molecule has 0 saturated heterocycles. The SMILES string of the molecule is Fc1cc(-c2nsc(NC3CC3)n2)cc(F)c1F. The van der Waals surface area contributed by atoms with Gasteiger partial charge in [-0.3, -0.25) is 0 Å². The first kappa shape index (κ1) is 11.5. The van der Waals surface area contributed by atoms with E-state index in [2.05, 4.69) is 14.7 Å². The summed E-state index contributed by atoms with van der Waals surface area (Å²) in [4.78, 5) is 4.11.